The van der Waals surface area contributed by atoms with Crippen LogP contribution in [0.1, 0.15) is 6.92 Å². The lowest BCUT2D eigenvalue weighted by Gasteiger charge is -2.06. The van der Waals surface area contributed by atoms with Gasteiger partial charge in [0.25, 0.3) is 0 Å². The standard InChI is InChI=1S/C8H6Cl3NO/c1-4(13)12-7-3-5(9)2-6(10)8(7)11/h2-3H,1H3,(H,12,13). The van der Waals surface area contributed by atoms with E-state index in [-0.39, 0.29) is 5.91 Å². The number of amides is 1. The zero-order chi connectivity index (χ0) is 10.0. The highest BCUT2D eigenvalue weighted by Crippen LogP contribution is 2.33. The summed E-state index contributed by atoms with van der Waals surface area (Å²) in [6.07, 6.45) is 0. The van der Waals surface area contributed by atoms with Crippen LogP contribution in [0.4, 0.5) is 5.69 Å². The number of hydrogen-bond acceptors (Lipinski definition) is 1. The lowest BCUT2D eigenvalue weighted by Crippen LogP contribution is -2.06. The monoisotopic (exact) mass is 237 g/mol. The molecule has 0 fully saturated rings. The molecule has 0 bridgehead atoms. The molecule has 1 rings (SSSR count). The molecule has 0 aliphatic heterocycles. The van der Waals surface area contributed by atoms with Crippen molar-refractivity contribution in [3.05, 3.63) is 27.2 Å². The van der Waals surface area contributed by atoms with Crippen molar-refractivity contribution in [2.75, 3.05) is 5.32 Å². The van der Waals surface area contributed by atoms with Crippen molar-refractivity contribution < 1.29 is 4.79 Å². The number of benzene rings is 1. The van der Waals surface area contributed by atoms with Crippen LogP contribution in [0.15, 0.2) is 12.1 Å². The van der Waals surface area contributed by atoms with Crippen molar-refractivity contribution in [2.45, 2.75) is 6.92 Å². The zero-order valence-electron chi connectivity index (χ0n) is 6.70. The van der Waals surface area contributed by atoms with E-state index in [0.717, 1.165) is 0 Å². The van der Waals surface area contributed by atoms with Crippen molar-refractivity contribution in [2.24, 2.45) is 0 Å². The number of carbonyl (C=O) groups excluding carboxylic acids is 1. The molecular weight excluding hydrogens is 232 g/mol. The van der Waals surface area contributed by atoms with Crippen molar-refractivity contribution in [1.29, 1.82) is 0 Å². The van der Waals surface area contributed by atoms with Crippen molar-refractivity contribution >= 4 is 46.4 Å². The number of nitrogens with one attached hydrogen (secondary N) is 1. The fourth-order valence-corrected chi connectivity index (χ4v) is 1.49. The Morgan fingerprint density at radius 3 is 2.46 bits per heavy atom. The Morgan fingerprint density at radius 2 is 1.92 bits per heavy atom. The second-order valence-electron chi connectivity index (χ2n) is 2.43. The van der Waals surface area contributed by atoms with Gasteiger partial charge in [-0.25, -0.2) is 0 Å². The van der Waals surface area contributed by atoms with Crippen molar-refractivity contribution in [3.63, 3.8) is 0 Å². The molecule has 1 amide bonds. The predicted octanol–water partition coefficient (Wildman–Crippen LogP) is 3.61. The summed E-state index contributed by atoms with van der Waals surface area (Å²) in [5.74, 6) is -0.222. The lowest BCUT2D eigenvalue weighted by molar-refractivity contribution is -0.114. The summed E-state index contributed by atoms with van der Waals surface area (Å²) < 4.78 is 0. The van der Waals surface area contributed by atoms with E-state index < -0.39 is 0 Å². The molecule has 5 heteroatoms. The lowest BCUT2D eigenvalue weighted by atomic mass is 10.3. The fourth-order valence-electron chi connectivity index (χ4n) is 0.837. The molecule has 13 heavy (non-hydrogen) atoms. The van der Waals surface area contributed by atoms with E-state index >= 15 is 0 Å². The maximum Gasteiger partial charge on any atom is 0.221 e. The Labute approximate surface area is 90.8 Å². The minimum atomic E-state index is -0.222. The highest BCUT2D eigenvalue weighted by atomic mass is 35.5. The summed E-state index contributed by atoms with van der Waals surface area (Å²) in [6, 6.07) is 3.05. The summed E-state index contributed by atoms with van der Waals surface area (Å²) in [6.45, 7) is 1.38. The molecule has 1 aromatic rings. The van der Waals surface area contributed by atoms with E-state index in [1.807, 2.05) is 0 Å². The van der Waals surface area contributed by atoms with E-state index in [1.54, 1.807) is 0 Å². The maximum absolute atomic E-state index is 10.7. The van der Waals surface area contributed by atoms with E-state index in [4.69, 9.17) is 34.8 Å². The summed E-state index contributed by atoms with van der Waals surface area (Å²) in [5, 5.41) is 3.55. The third kappa shape index (κ3) is 2.76. The Bertz CT molecular complexity index is 351. The van der Waals surface area contributed by atoms with Gasteiger partial charge in [0, 0.05) is 11.9 Å². The number of anilines is 1. The van der Waals surface area contributed by atoms with Crippen LogP contribution in [0.25, 0.3) is 0 Å². The molecule has 0 spiro atoms. The number of carbonyl (C=O) groups is 1. The number of hydrogen-bond donors (Lipinski definition) is 1. The Hall–Kier alpha value is -0.440. The maximum atomic E-state index is 10.7. The first kappa shape index (κ1) is 10.6. The van der Waals surface area contributed by atoms with Gasteiger partial charge in [0.1, 0.15) is 0 Å². The second kappa shape index (κ2) is 4.18. The van der Waals surface area contributed by atoms with Gasteiger partial charge in [-0.15, -0.1) is 0 Å². The van der Waals surface area contributed by atoms with Crippen LogP contribution in [0.3, 0.4) is 0 Å². The molecule has 70 valence electrons. The van der Waals surface area contributed by atoms with Gasteiger partial charge in [0.05, 0.1) is 15.7 Å². The van der Waals surface area contributed by atoms with Gasteiger partial charge in [-0.2, -0.15) is 0 Å². The first-order valence-corrected chi connectivity index (χ1v) is 4.56. The summed E-state index contributed by atoms with van der Waals surface area (Å²) in [5.41, 5.74) is 0.423. The molecule has 0 atom stereocenters. The first-order chi connectivity index (χ1) is 6.00. The van der Waals surface area contributed by atoms with Crippen LogP contribution in [0, 0.1) is 0 Å². The van der Waals surface area contributed by atoms with E-state index in [1.165, 1.54) is 19.1 Å². The van der Waals surface area contributed by atoms with E-state index in [0.29, 0.717) is 20.8 Å². The number of rotatable bonds is 1. The SMILES string of the molecule is CC(=O)Nc1cc(Cl)cc(Cl)c1Cl. The van der Waals surface area contributed by atoms with Gasteiger partial charge >= 0.3 is 0 Å². The van der Waals surface area contributed by atoms with Crippen molar-refractivity contribution in [1.82, 2.24) is 0 Å². The van der Waals surface area contributed by atoms with Gasteiger partial charge in [0.2, 0.25) is 5.91 Å². The molecule has 0 radical (unpaired) electrons. The smallest absolute Gasteiger partial charge is 0.221 e. The molecule has 0 aliphatic rings. The fraction of sp³-hybridized carbons (Fsp3) is 0.125. The largest absolute Gasteiger partial charge is 0.325 e. The molecule has 1 aromatic carbocycles. The summed E-state index contributed by atoms with van der Waals surface area (Å²) in [7, 11) is 0. The average molecular weight is 239 g/mol. The van der Waals surface area contributed by atoms with E-state index in [2.05, 4.69) is 5.32 Å². The van der Waals surface area contributed by atoms with Crippen LogP contribution in [-0.4, -0.2) is 5.91 Å². The minimum absolute atomic E-state index is 0.222. The molecule has 0 aromatic heterocycles. The quantitative estimate of drug-likeness (QED) is 0.744. The zero-order valence-corrected chi connectivity index (χ0v) is 8.96. The molecule has 2 nitrogen and oxygen atoms in total. The first-order valence-electron chi connectivity index (χ1n) is 3.43. The van der Waals surface area contributed by atoms with E-state index in [9.17, 15) is 4.79 Å². The van der Waals surface area contributed by atoms with Gasteiger partial charge < -0.3 is 5.32 Å². The molecule has 0 heterocycles. The highest BCUT2D eigenvalue weighted by molar-refractivity contribution is 6.45. The van der Waals surface area contributed by atoms with Gasteiger partial charge in [-0.05, 0) is 12.1 Å². The second-order valence-corrected chi connectivity index (χ2v) is 3.65. The van der Waals surface area contributed by atoms with Crippen LogP contribution in [0.2, 0.25) is 15.1 Å². The Balaban J connectivity index is 3.12. The minimum Gasteiger partial charge on any atom is -0.325 e. The predicted molar refractivity (Wildman–Crippen MR) is 55.8 cm³/mol. The Kier molecular flexibility index (Phi) is 3.42. The molecule has 0 unspecified atom stereocenters. The molecule has 0 saturated carbocycles. The summed E-state index contributed by atoms with van der Waals surface area (Å²) >= 11 is 17.2. The van der Waals surface area contributed by atoms with Crippen LogP contribution >= 0.6 is 34.8 Å². The van der Waals surface area contributed by atoms with Crippen LogP contribution in [0.5, 0.6) is 0 Å². The van der Waals surface area contributed by atoms with Gasteiger partial charge in [-0.1, -0.05) is 34.8 Å². The Morgan fingerprint density at radius 1 is 1.31 bits per heavy atom. The van der Waals surface area contributed by atoms with Crippen molar-refractivity contribution in [3.8, 4) is 0 Å². The van der Waals surface area contributed by atoms with Crippen LogP contribution in [-0.2, 0) is 4.79 Å². The molecule has 0 aliphatic carbocycles. The number of halogens is 3. The van der Waals surface area contributed by atoms with Gasteiger partial charge in [0.15, 0.2) is 0 Å². The third-order valence-electron chi connectivity index (χ3n) is 1.30. The molecular formula is C8H6Cl3NO. The normalized spacial score (nSPS) is 9.85. The summed E-state index contributed by atoms with van der Waals surface area (Å²) in [4.78, 5) is 10.7. The topological polar surface area (TPSA) is 29.1 Å². The molecule has 0 saturated heterocycles. The third-order valence-corrected chi connectivity index (χ3v) is 2.32. The van der Waals surface area contributed by atoms with Gasteiger partial charge in [-0.3, -0.25) is 4.79 Å². The van der Waals surface area contributed by atoms with Crippen LogP contribution < -0.4 is 5.32 Å². The molecule has 1 N–H and O–H groups in total. The average Bonchev–Trinajstić information content (AvgIpc) is 1.98. The highest BCUT2D eigenvalue weighted by Gasteiger charge is 2.07.